The van der Waals surface area contributed by atoms with E-state index in [0.717, 1.165) is 26.1 Å². The normalized spacial score (nSPS) is 37.3. The van der Waals surface area contributed by atoms with Crippen LogP contribution in [0.3, 0.4) is 0 Å². The average molecular weight is 210 g/mol. The van der Waals surface area contributed by atoms with Crippen LogP contribution in [0.5, 0.6) is 0 Å². The molecular weight excluding hydrogens is 192 g/mol. The predicted octanol–water partition coefficient (Wildman–Crippen LogP) is -0.0143. The van der Waals surface area contributed by atoms with Crippen molar-refractivity contribution in [3.63, 3.8) is 0 Å². The highest BCUT2D eigenvalue weighted by molar-refractivity contribution is 5.78. The molecule has 1 amide bonds. The van der Waals surface area contributed by atoms with E-state index in [1.165, 1.54) is 12.8 Å². The summed E-state index contributed by atoms with van der Waals surface area (Å²) < 4.78 is 5.45. The maximum Gasteiger partial charge on any atom is 0.249 e. The first kappa shape index (κ1) is 9.60. The number of nitrogens with zero attached hydrogens (tertiary/aromatic N) is 1. The van der Waals surface area contributed by atoms with Crippen molar-refractivity contribution in [1.29, 1.82) is 0 Å². The van der Waals surface area contributed by atoms with Gasteiger partial charge >= 0.3 is 0 Å². The third kappa shape index (κ3) is 1.76. The largest absolute Gasteiger partial charge is 0.371 e. The molecule has 1 aliphatic carbocycles. The Labute approximate surface area is 90.0 Å². The number of piperidine rings is 1. The first-order chi connectivity index (χ1) is 7.36. The fourth-order valence-electron chi connectivity index (χ4n) is 2.83. The first-order valence-electron chi connectivity index (χ1n) is 5.96. The number of carbonyl (C=O) groups excluding carboxylic acids is 1. The number of rotatable bonds is 1. The highest BCUT2D eigenvalue weighted by atomic mass is 16.5. The van der Waals surface area contributed by atoms with Crippen LogP contribution in [0.2, 0.25) is 0 Å². The molecule has 2 aliphatic heterocycles. The summed E-state index contributed by atoms with van der Waals surface area (Å²) in [6, 6.07) is 0.971. The first-order valence-corrected chi connectivity index (χ1v) is 5.96. The second-order valence-corrected chi connectivity index (χ2v) is 4.87. The van der Waals surface area contributed by atoms with Crippen LogP contribution in [-0.2, 0) is 9.53 Å². The molecule has 4 heteroatoms. The van der Waals surface area contributed by atoms with Gasteiger partial charge in [0, 0.05) is 24.5 Å². The molecule has 0 bridgehead atoms. The number of hydrogen-bond acceptors (Lipinski definition) is 3. The molecule has 4 nitrogen and oxygen atoms in total. The zero-order valence-electron chi connectivity index (χ0n) is 8.95. The van der Waals surface area contributed by atoms with Crippen LogP contribution >= 0.6 is 0 Å². The van der Waals surface area contributed by atoms with E-state index in [1.807, 2.05) is 0 Å². The van der Waals surface area contributed by atoms with E-state index in [-0.39, 0.29) is 5.91 Å². The molecule has 0 radical (unpaired) electrons. The summed E-state index contributed by atoms with van der Waals surface area (Å²) in [6.07, 6.45) is 3.49. The van der Waals surface area contributed by atoms with Gasteiger partial charge in [-0.1, -0.05) is 0 Å². The van der Waals surface area contributed by atoms with Crippen molar-refractivity contribution in [2.45, 2.75) is 31.3 Å². The van der Waals surface area contributed by atoms with Gasteiger partial charge in [-0.25, -0.2) is 0 Å². The minimum absolute atomic E-state index is 0.215. The number of ether oxygens (including phenoxy) is 1. The van der Waals surface area contributed by atoms with Crippen molar-refractivity contribution in [2.24, 2.45) is 5.92 Å². The van der Waals surface area contributed by atoms with Crippen LogP contribution in [0.25, 0.3) is 0 Å². The summed E-state index contributed by atoms with van der Waals surface area (Å²) in [6.45, 7) is 3.08. The third-order valence-corrected chi connectivity index (χ3v) is 3.71. The molecule has 3 aliphatic rings. The summed E-state index contributed by atoms with van der Waals surface area (Å²) in [7, 11) is 0. The molecule has 0 spiro atoms. The Morgan fingerprint density at radius 3 is 3.00 bits per heavy atom. The maximum absolute atomic E-state index is 11.9. The van der Waals surface area contributed by atoms with E-state index in [9.17, 15) is 4.79 Å². The number of fused-ring (bicyclic) bond motifs is 1. The lowest BCUT2D eigenvalue weighted by Crippen LogP contribution is -2.52. The van der Waals surface area contributed by atoms with Crippen molar-refractivity contribution in [3.8, 4) is 0 Å². The Balaban J connectivity index is 1.82. The van der Waals surface area contributed by atoms with E-state index in [0.29, 0.717) is 24.6 Å². The number of carbonyl (C=O) groups is 1. The van der Waals surface area contributed by atoms with Gasteiger partial charge in [0.1, 0.15) is 6.61 Å². The van der Waals surface area contributed by atoms with Crippen LogP contribution < -0.4 is 5.32 Å². The second kappa shape index (κ2) is 3.76. The molecule has 3 fully saturated rings. The molecule has 15 heavy (non-hydrogen) atoms. The Hall–Kier alpha value is -0.610. The molecule has 0 aromatic heterocycles. The maximum atomic E-state index is 11.9. The van der Waals surface area contributed by atoms with E-state index in [2.05, 4.69) is 10.2 Å². The molecule has 2 saturated heterocycles. The zero-order chi connectivity index (χ0) is 10.3. The summed E-state index contributed by atoms with van der Waals surface area (Å²) >= 11 is 0. The van der Waals surface area contributed by atoms with Crippen LogP contribution in [0.15, 0.2) is 0 Å². The smallest absolute Gasteiger partial charge is 0.249 e. The number of nitrogens with one attached hydrogen (secondary N) is 1. The molecule has 2 heterocycles. The van der Waals surface area contributed by atoms with Gasteiger partial charge in [-0.2, -0.15) is 0 Å². The van der Waals surface area contributed by atoms with Crippen molar-refractivity contribution in [2.75, 3.05) is 26.3 Å². The van der Waals surface area contributed by atoms with Gasteiger partial charge in [0.25, 0.3) is 0 Å². The minimum Gasteiger partial charge on any atom is -0.371 e. The lowest BCUT2D eigenvalue weighted by Gasteiger charge is -2.38. The fourth-order valence-corrected chi connectivity index (χ4v) is 2.83. The van der Waals surface area contributed by atoms with Gasteiger partial charge in [-0.3, -0.25) is 4.79 Å². The highest BCUT2D eigenvalue weighted by Gasteiger charge is 2.42. The number of hydrogen-bond donors (Lipinski definition) is 1. The van der Waals surface area contributed by atoms with Gasteiger partial charge in [-0.15, -0.1) is 0 Å². The fraction of sp³-hybridized carbons (Fsp3) is 0.909. The minimum atomic E-state index is 0.215. The van der Waals surface area contributed by atoms with Crippen LogP contribution in [0, 0.1) is 5.92 Å². The van der Waals surface area contributed by atoms with Gasteiger partial charge in [-0.05, 0) is 25.8 Å². The van der Waals surface area contributed by atoms with Crippen molar-refractivity contribution < 1.29 is 9.53 Å². The van der Waals surface area contributed by atoms with Gasteiger partial charge in [0.05, 0.1) is 6.61 Å². The summed E-state index contributed by atoms with van der Waals surface area (Å²) in [4.78, 5) is 14.1. The van der Waals surface area contributed by atoms with Gasteiger partial charge in [0.15, 0.2) is 0 Å². The predicted molar refractivity (Wildman–Crippen MR) is 55.5 cm³/mol. The lowest BCUT2D eigenvalue weighted by molar-refractivity contribution is -0.136. The van der Waals surface area contributed by atoms with Crippen molar-refractivity contribution in [1.82, 2.24) is 10.2 Å². The second-order valence-electron chi connectivity index (χ2n) is 4.87. The molecule has 1 saturated carbocycles. The van der Waals surface area contributed by atoms with Crippen molar-refractivity contribution in [3.05, 3.63) is 0 Å². The Kier molecular flexibility index (Phi) is 2.41. The summed E-state index contributed by atoms with van der Waals surface area (Å²) in [5.74, 6) is 0.720. The number of amides is 1. The Morgan fingerprint density at radius 2 is 2.20 bits per heavy atom. The van der Waals surface area contributed by atoms with E-state index >= 15 is 0 Å². The SMILES string of the molecule is O=C1COC[C@@H]2CNCC[C@H]2N1C1CC1. The molecule has 0 aromatic rings. The molecule has 2 atom stereocenters. The van der Waals surface area contributed by atoms with Crippen molar-refractivity contribution >= 4 is 5.91 Å². The molecular formula is C11H18N2O2. The average Bonchev–Trinajstić information content (AvgIpc) is 3.03. The molecule has 0 unspecified atom stereocenters. The van der Waals surface area contributed by atoms with Crippen LogP contribution in [0.1, 0.15) is 19.3 Å². The Bertz CT molecular complexity index is 265. The zero-order valence-corrected chi connectivity index (χ0v) is 8.95. The summed E-state index contributed by atoms with van der Waals surface area (Å²) in [5, 5.41) is 3.39. The van der Waals surface area contributed by atoms with Gasteiger partial charge in [0.2, 0.25) is 5.91 Å². The van der Waals surface area contributed by atoms with E-state index < -0.39 is 0 Å². The molecule has 1 N–H and O–H groups in total. The standard InChI is InChI=1S/C11H18N2O2/c14-11-7-15-6-8-5-12-4-3-10(8)13(11)9-1-2-9/h8-10,12H,1-7H2/t8-,10+/m0/s1. The van der Waals surface area contributed by atoms with Gasteiger partial charge < -0.3 is 15.0 Å². The topological polar surface area (TPSA) is 41.6 Å². The van der Waals surface area contributed by atoms with E-state index in [1.54, 1.807) is 0 Å². The Morgan fingerprint density at radius 1 is 1.33 bits per heavy atom. The molecule has 3 rings (SSSR count). The molecule has 0 aromatic carbocycles. The monoisotopic (exact) mass is 210 g/mol. The quantitative estimate of drug-likeness (QED) is 0.661. The van der Waals surface area contributed by atoms with Crippen LogP contribution in [-0.4, -0.2) is 49.2 Å². The van der Waals surface area contributed by atoms with E-state index in [4.69, 9.17) is 4.74 Å². The lowest BCUT2D eigenvalue weighted by atomic mass is 9.92. The third-order valence-electron chi connectivity index (χ3n) is 3.71. The van der Waals surface area contributed by atoms with Crippen LogP contribution in [0.4, 0.5) is 0 Å². The molecule has 84 valence electrons. The highest BCUT2D eigenvalue weighted by Crippen LogP contribution is 2.34. The summed E-state index contributed by atoms with van der Waals surface area (Å²) in [5.41, 5.74) is 0.